The highest BCUT2D eigenvalue weighted by Crippen LogP contribution is 2.13. The summed E-state index contributed by atoms with van der Waals surface area (Å²) in [6.07, 6.45) is 0.703. The van der Waals surface area contributed by atoms with Gasteiger partial charge in [-0.1, -0.05) is 30.3 Å². The molecule has 0 spiro atoms. The molecule has 0 amide bonds. The molecule has 1 rings (SSSR count). The zero-order valence-corrected chi connectivity index (χ0v) is 17.2. The van der Waals surface area contributed by atoms with Gasteiger partial charge in [0.25, 0.3) is 0 Å². The number of halogens is 1. The summed E-state index contributed by atoms with van der Waals surface area (Å²) >= 11 is 0. The van der Waals surface area contributed by atoms with Crippen LogP contribution in [0.25, 0.3) is 0 Å². The van der Waals surface area contributed by atoms with Crippen LogP contribution in [0.2, 0.25) is 0 Å². The largest absolute Gasteiger partial charge is 0.764 e. The average molecular weight is 413 g/mol. The van der Waals surface area contributed by atoms with Gasteiger partial charge >= 0.3 is 9.05 Å². The van der Waals surface area contributed by atoms with Gasteiger partial charge in [-0.15, -0.1) is 12.4 Å². The smallest absolute Gasteiger partial charge is 0.347 e. The number of nitrogens with zero attached hydrogens (tertiary/aromatic N) is 1. The predicted octanol–water partition coefficient (Wildman–Crippen LogP) is 1.45. The van der Waals surface area contributed by atoms with Crippen LogP contribution in [0.3, 0.4) is 0 Å². The Balaban J connectivity index is 0.00000625. The van der Waals surface area contributed by atoms with Gasteiger partial charge in [0, 0.05) is 32.8 Å². The molecule has 0 bridgehead atoms. The van der Waals surface area contributed by atoms with Crippen molar-refractivity contribution in [3.63, 3.8) is 0 Å². The highest BCUT2D eigenvalue weighted by atomic mass is 35.5. The SMILES string of the molecule is COO[Si](OCCCN(CCN)Cc1ccccc1)(OOC)OOC.Cl. The highest BCUT2D eigenvalue weighted by Gasteiger charge is 2.51. The summed E-state index contributed by atoms with van der Waals surface area (Å²) in [5.74, 6) is 0. The van der Waals surface area contributed by atoms with Gasteiger partial charge in [0.15, 0.2) is 0 Å². The normalized spacial score (nSPS) is 11.6. The van der Waals surface area contributed by atoms with Gasteiger partial charge in [0.2, 0.25) is 0 Å². The molecule has 0 unspecified atom stereocenters. The van der Waals surface area contributed by atoms with Crippen molar-refractivity contribution in [2.75, 3.05) is 47.6 Å². The molecule has 0 saturated heterocycles. The zero-order valence-electron chi connectivity index (χ0n) is 15.4. The van der Waals surface area contributed by atoms with E-state index in [9.17, 15) is 0 Å². The maximum atomic E-state index is 5.70. The minimum atomic E-state index is -3.67. The van der Waals surface area contributed by atoms with Crippen molar-refractivity contribution in [3.05, 3.63) is 35.9 Å². The van der Waals surface area contributed by atoms with Crippen molar-refractivity contribution in [1.82, 2.24) is 4.90 Å². The molecule has 0 heterocycles. The van der Waals surface area contributed by atoms with E-state index in [1.54, 1.807) is 0 Å². The van der Waals surface area contributed by atoms with E-state index in [0.717, 1.165) is 19.6 Å². The van der Waals surface area contributed by atoms with Crippen molar-refractivity contribution >= 4 is 21.5 Å². The Bertz CT molecular complexity index is 430. The number of benzene rings is 1. The Morgan fingerprint density at radius 1 is 0.923 bits per heavy atom. The van der Waals surface area contributed by atoms with Gasteiger partial charge in [-0.2, -0.15) is 13.7 Å². The molecule has 0 aliphatic carbocycles. The molecule has 152 valence electrons. The van der Waals surface area contributed by atoms with Crippen LogP contribution in [0.5, 0.6) is 0 Å². The van der Waals surface area contributed by atoms with Crippen LogP contribution in [0.15, 0.2) is 30.3 Å². The van der Waals surface area contributed by atoms with Gasteiger partial charge in [-0.25, -0.2) is 14.7 Å². The van der Waals surface area contributed by atoms with Gasteiger partial charge < -0.3 is 10.2 Å². The predicted molar refractivity (Wildman–Crippen MR) is 98.6 cm³/mol. The molecule has 0 fully saturated rings. The summed E-state index contributed by atoms with van der Waals surface area (Å²) in [5.41, 5.74) is 6.93. The molecule has 0 aliphatic heterocycles. The van der Waals surface area contributed by atoms with Crippen LogP contribution in [0.4, 0.5) is 0 Å². The van der Waals surface area contributed by atoms with Crippen LogP contribution in [0.1, 0.15) is 12.0 Å². The van der Waals surface area contributed by atoms with Crippen molar-refractivity contribution in [3.8, 4) is 0 Å². The molecular weight excluding hydrogens is 384 g/mol. The number of nitrogens with two attached hydrogens (primary N) is 1. The van der Waals surface area contributed by atoms with Crippen molar-refractivity contribution in [1.29, 1.82) is 0 Å². The first kappa shape index (κ1) is 25.4. The molecule has 0 atom stereocenters. The fraction of sp³-hybridized carbons (Fsp3) is 0.600. The van der Waals surface area contributed by atoms with Crippen molar-refractivity contribution in [2.45, 2.75) is 13.0 Å². The van der Waals surface area contributed by atoms with E-state index in [1.807, 2.05) is 18.2 Å². The minimum absolute atomic E-state index is 0. The first-order valence-corrected chi connectivity index (χ1v) is 9.58. The van der Waals surface area contributed by atoms with Crippen molar-refractivity contribution < 1.29 is 32.8 Å². The summed E-state index contributed by atoms with van der Waals surface area (Å²) in [6.45, 7) is 3.27. The molecule has 1 aromatic carbocycles. The third kappa shape index (κ3) is 9.90. The second kappa shape index (κ2) is 15.4. The Labute approximate surface area is 161 Å². The molecule has 0 aromatic heterocycles. The molecule has 11 heteroatoms. The van der Waals surface area contributed by atoms with Gasteiger partial charge in [0.05, 0.1) is 21.3 Å². The molecule has 0 saturated carbocycles. The van der Waals surface area contributed by atoms with Crippen LogP contribution in [-0.4, -0.2) is 61.5 Å². The molecule has 26 heavy (non-hydrogen) atoms. The Hall–Kier alpha value is -0.633. The first-order chi connectivity index (χ1) is 12.2. The van der Waals surface area contributed by atoms with Crippen LogP contribution < -0.4 is 5.73 Å². The van der Waals surface area contributed by atoms with E-state index in [-0.39, 0.29) is 12.4 Å². The summed E-state index contributed by atoms with van der Waals surface area (Å²) in [5, 5.41) is 0. The topological polar surface area (TPSA) is 93.9 Å². The number of hydrogen-bond acceptors (Lipinski definition) is 9. The highest BCUT2D eigenvalue weighted by molar-refractivity contribution is 6.52. The summed E-state index contributed by atoms with van der Waals surface area (Å²) in [7, 11) is 0.264. The van der Waals surface area contributed by atoms with E-state index in [2.05, 4.69) is 31.7 Å². The molecular formula is C15H29ClN2O7Si. The fourth-order valence-corrected chi connectivity index (χ4v) is 3.43. The molecule has 9 nitrogen and oxygen atoms in total. The standard InChI is InChI=1S/C15H28N2O7Si.ClH/c1-18-22-25(23-19-2,24-20-3)21-13-7-11-17(12-10-16)14-15-8-5-4-6-9-15;/h4-6,8-9H,7,10-14,16H2,1-3H3;1H. The third-order valence-corrected chi connectivity index (χ3v) is 4.82. The lowest BCUT2D eigenvalue weighted by Crippen LogP contribution is -2.49. The first-order valence-electron chi connectivity index (χ1n) is 7.95. The monoisotopic (exact) mass is 412 g/mol. The lowest BCUT2D eigenvalue weighted by molar-refractivity contribution is -0.370. The average Bonchev–Trinajstić information content (AvgIpc) is 2.60. The Morgan fingerprint density at radius 3 is 2.00 bits per heavy atom. The molecule has 2 N–H and O–H groups in total. The quantitative estimate of drug-likeness (QED) is 0.199. The summed E-state index contributed by atoms with van der Waals surface area (Å²) in [6, 6.07) is 10.2. The van der Waals surface area contributed by atoms with Gasteiger partial charge in [-0.3, -0.25) is 4.90 Å². The van der Waals surface area contributed by atoms with Crippen LogP contribution >= 0.6 is 12.4 Å². The lowest BCUT2D eigenvalue weighted by Gasteiger charge is -2.24. The minimum Gasteiger partial charge on any atom is -0.347 e. The van der Waals surface area contributed by atoms with E-state index in [0.29, 0.717) is 19.6 Å². The van der Waals surface area contributed by atoms with Gasteiger partial charge in [-0.05, 0) is 12.0 Å². The van der Waals surface area contributed by atoms with E-state index in [4.69, 9.17) is 23.9 Å². The molecule has 0 radical (unpaired) electrons. The second-order valence-electron chi connectivity index (χ2n) is 5.00. The summed E-state index contributed by atoms with van der Waals surface area (Å²) in [4.78, 5) is 16.1. The van der Waals surface area contributed by atoms with E-state index in [1.165, 1.54) is 26.9 Å². The van der Waals surface area contributed by atoms with Crippen LogP contribution in [0, 0.1) is 0 Å². The fourth-order valence-electron chi connectivity index (χ4n) is 2.20. The van der Waals surface area contributed by atoms with Crippen molar-refractivity contribution in [2.24, 2.45) is 5.73 Å². The Kier molecular flexibility index (Phi) is 15.1. The van der Waals surface area contributed by atoms with Crippen LogP contribution in [-0.2, 0) is 39.4 Å². The molecule has 0 aliphatic rings. The number of hydrogen-bond donors (Lipinski definition) is 1. The van der Waals surface area contributed by atoms with E-state index >= 15 is 0 Å². The number of rotatable bonds is 15. The lowest BCUT2D eigenvalue weighted by atomic mass is 10.2. The Morgan fingerprint density at radius 2 is 1.50 bits per heavy atom. The summed E-state index contributed by atoms with van der Waals surface area (Å²) < 4.78 is 20.4. The van der Waals surface area contributed by atoms with Gasteiger partial charge in [0.1, 0.15) is 0 Å². The maximum Gasteiger partial charge on any atom is 0.764 e. The third-order valence-electron chi connectivity index (χ3n) is 3.15. The molecule has 1 aromatic rings. The van der Waals surface area contributed by atoms with E-state index < -0.39 is 9.05 Å². The second-order valence-corrected chi connectivity index (χ2v) is 6.79. The maximum absolute atomic E-state index is 5.70. The zero-order chi connectivity index (χ0) is 18.4.